The molecule has 2 rings (SSSR count). The SMILES string of the molecule is CCCCOCC(=O)NCc1ccc(-n2cccn2)cc1C. The second-order valence-corrected chi connectivity index (χ2v) is 5.24. The molecule has 0 saturated heterocycles. The highest BCUT2D eigenvalue weighted by atomic mass is 16.5. The van der Waals surface area contributed by atoms with Gasteiger partial charge in [0, 0.05) is 25.5 Å². The van der Waals surface area contributed by atoms with Crippen LogP contribution in [0.5, 0.6) is 0 Å². The lowest BCUT2D eigenvalue weighted by molar-refractivity contribution is -0.125. The van der Waals surface area contributed by atoms with Crippen molar-refractivity contribution in [2.75, 3.05) is 13.2 Å². The maximum atomic E-state index is 11.7. The molecule has 0 aliphatic heterocycles. The Balaban J connectivity index is 1.84. The first-order valence-electron chi connectivity index (χ1n) is 7.64. The summed E-state index contributed by atoms with van der Waals surface area (Å²) in [6, 6.07) is 7.97. The summed E-state index contributed by atoms with van der Waals surface area (Å²) < 4.78 is 7.12. The number of nitrogens with one attached hydrogen (secondary N) is 1. The fourth-order valence-electron chi connectivity index (χ4n) is 2.10. The molecule has 0 radical (unpaired) electrons. The molecule has 118 valence electrons. The van der Waals surface area contributed by atoms with Gasteiger partial charge in [-0.1, -0.05) is 19.4 Å². The fraction of sp³-hybridized carbons (Fsp3) is 0.412. The minimum Gasteiger partial charge on any atom is -0.372 e. The molecule has 0 bridgehead atoms. The topological polar surface area (TPSA) is 56.1 Å². The molecule has 0 aliphatic carbocycles. The van der Waals surface area contributed by atoms with Crippen molar-refractivity contribution in [2.24, 2.45) is 0 Å². The molecule has 0 atom stereocenters. The van der Waals surface area contributed by atoms with Crippen LogP contribution in [-0.4, -0.2) is 28.9 Å². The van der Waals surface area contributed by atoms with Gasteiger partial charge < -0.3 is 10.1 Å². The second-order valence-electron chi connectivity index (χ2n) is 5.24. The summed E-state index contributed by atoms with van der Waals surface area (Å²) in [5.74, 6) is -0.0772. The van der Waals surface area contributed by atoms with Crippen LogP contribution in [0.15, 0.2) is 36.7 Å². The molecule has 0 spiro atoms. The van der Waals surface area contributed by atoms with Crippen molar-refractivity contribution in [3.8, 4) is 5.69 Å². The normalized spacial score (nSPS) is 10.6. The van der Waals surface area contributed by atoms with Gasteiger partial charge in [-0.3, -0.25) is 4.79 Å². The van der Waals surface area contributed by atoms with Gasteiger partial charge in [0.2, 0.25) is 5.91 Å². The average Bonchev–Trinajstić information content (AvgIpc) is 3.04. The van der Waals surface area contributed by atoms with Crippen LogP contribution in [0.4, 0.5) is 0 Å². The summed E-state index contributed by atoms with van der Waals surface area (Å²) in [4.78, 5) is 11.7. The second kappa shape index (κ2) is 8.34. The van der Waals surface area contributed by atoms with E-state index >= 15 is 0 Å². The Labute approximate surface area is 131 Å². The Morgan fingerprint density at radius 3 is 2.95 bits per heavy atom. The van der Waals surface area contributed by atoms with E-state index in [1.54, 1.807) is 6.20 Å². The number of hydrogen-bond donors (Lipinski definition) is 1. The number of amides is 1. The minimum atomic E-state index is -0.0772. The molecule has 0 saturated carbocycles. The Morgan fingerprint density at radius 1 is 1.41 bits per heavy atom. The molecule has 0 aliphatic rings. The quantitative estimate of drug-likeness (QED) is 0.763. The van der Waals surface area contributed by atoms with Crippen molar-refractivity contribution < 1.29 is 9.53 Å². The predicted octanol–water partition coefficient (Wildman–Crippen LogP) is 2.61. The van der Waals surface area contributed by atoms with Crippen molar-refractivity contribution in [1.82, 2.24) is 15.1 Å². The van der Waals surface area contributed by atoms with Crippen LogP contribution < -0.4 is 5.32 Å². The van der Waals surface area contributed by atoms with Gasteiger partial charge in [0.1, 0.15) is 6.61 Å². The van der Waals surface area contributed by atoms with E-state index in [2.05, 4.69) is 23.4 Å². The maximum Gasteiger partial charge on any atom is 0.246 e. The molecular formula is C17H23N3O2. The third-order valence-electron chi connectivity index (χ3n) is 3.45. The van der Waals surface area contributed by atoms with Gasteiger partial charge in [-0.15, -0.1) is 0 Å². The van der Waals surface area contributed by atoms with E-state index in [4.69, 9.17) is 4.74 Å². The molecule has 0 fully saturated rings. The lowest BCUT2D eigenvalue weighted by Gasteiger charge is -2.10. The monoisotopic (exact) mass is 301 g/mol. The first-order valence-corrected chi connectivity index (χ1v) is 7.64. The zero-order valence-corrected chi connectivity index (χ0v) is 13.2. The number of carbonyl (C=O) groups excluding carboxylic acids is 1. The predicted molar refractivity (Wildman–Crippen MR) is 85.9 cm³/mol. The maximum absolute atomic E-state index is 11.7. The third kappa shape index (κ3) is 4.70. The highest BCUT2D eigenvalue weighted by Gasteiger charge is 2.05. The molecule has 5 heteroatoms. The van der Waals surface area contributed by atoms with E-state index in [1.807, 2.05) is 36.0 Å². The number of unbranched alkanes of at least 4 members (excludes halogenated alkanes) is 1. The number of hydrogen-bond acceptors (Lipinski definition) is 3. The van der Waals surface area contributed by atoms with E-state index in [1.165, 1.54) is 0 Å². The largest absolute Gasteiger partial charge is 0.372 e. The van der Waals surface area contributed by atoms with E-state index in [0.29, 0.717) is 13.2 Å². The van der Waals surface area contributed by atoms with Gasteiger partial charge >= 0.3 is 0 Å². The Hall–Kier alpha value is -2.14. The molecule has 1 aromatic heterocycles. The zero-order chi connectivity index (χ0) is 15.8. The molecular weight excluding hydrogens is 278 g/mol. The highest BCUT2D eigenvalue weighted by molar-refractivity contribution is 5.77. The molecule has 1 aromatic carbocycles. The first-order chi connectivity index (χ1) is 10.7. The number of aryl methyl sites for hydroxylation is 1. The summed E-state index contributed by atoms with van der Waals surface area (Å²) in [5.41, 5.74) is 3.23. The number of ether oxygens (including phenoxy) is 1. The van der Waals surface area contributed by atoms with Crippen LogP contribution in [0.3, 0.4) is 0 Å². The smallest absolute Gasteiger partial charge is 0.246 e. The number of carbonyl (C=O) groups is 1. The summed E-state index contributed by atoms with van der Waals surface area (Å²) in [6.07, 6.45) is 5.72. The Morgan fingerprint density at radius 2 is 2.27 bits per heavy atom. The summed E-state index contributed by atoms with van der Waals surface area (Å²) in [5, 5.41) is 7.10. The number of nitrogens with zero attached hydrogens (tertiary/aromatic N) is 2. The number of aromatic nitrogens is 2. The molecule has 1 heterocycles. The molecule has 0 unspecified atom stereocenters. The van der Waals surface area contributed by atoms with Gasteiger partial charge in [0.25, 0.3) is 0 Å². The first kappa shape index (κ1) is 16.2. The van der Waals surface area contributed by atoms with Crippen molar-refractivity contribution in [1.29, 1.82) is 0 Å². The van der Waals surface area contributed by atoms with Gasteiger partial charge in [-0.25, -0.2) is 4.68 Å². The van der Waals surface area contributed by atoms with Crippen LogP contribution in [0.2, 0.25) is 0 Å². The van der Waals surface area contributed by atoms with Gasteiger partial charge in [-0.05, 0) is 42.7 Å². The van der Waals surface area contributed by atoms with Crippen LogP contribution in [-0.2, 0) is 16.1 Å². The number of benzene rings is 1. The lowest BCUT2D eigenvalue weighted by Crippen LogP contribution is -2.27. The summed E-state index contributed by atoms with van der Waals surface area (Å²) in [6.45, 7) is 5.42. The molecule has 1 N–H and O–H groups in total. The van der Waals surface area contributed by atoms with Crippen molar-refractivity contribution in [2.45, 2.75) is 33.2 Å². The van der Waals surface area contributed by atoms with Gasteiger partial charge in [0.15, 0.2) is 0 Å². The van der Waals surface area contributed by atoms with Crippen molar-refractivity contribution >= 4 is 5.91 Å². The number of rotatable bonds is 8. The summed E-state index contributed by atoms with van der Waals surface area (Å²) in [7, 11) is 0. The van der Waals surface area contributed by atoms with Crippen LogP contribution in [0.25, 0.3) is 5.69 Å². The van der Waals surface area contributed by atoms with Gasteiger partial charge in [-0.2, -0.15) is 5.10 Å². The lowest BCUT2D eigenvalue weighted by atomic mass is 10.1. The van der Waals surface area contributed by atoms with Crippen LogP contribution in [0, 0.1) is 6.92 Å². The zero-order valence-electron chi connectivity index (χ0n) is 13.2. The molecule has 2 aromatic rings. The molecule has 1 amide bonds. The summed E-state index contributed by atoms with van der Waals surface area (Å²) >= 11 is 0. The standard InChI is InChI=1S/C17H23N3O2/c1-3-4-10-22-13-17(21)18-12-15-6-7-16(11-14(15)2)20-9-5-8-19-20/h5-9,11H,3-4,10,12-13H2,1-2H3,(H,18,21). The molecule has 22 heavy (non-hydrogen) atoms. The van der Waals surface area contributed by atoms with E-state index in [9.17, 15) is 4.79 Å². The fourth-order valence-corrected chi connectivity index (χ4v) is 2.10. The Bertz CT molecular complexity index is 594. The highest BCUT2D eigenvalue weighted by Crippen LogP contribution is 2.14. The molecule has 5 nitrogen and oxygen atoms in total. The average molecular weight is 301 g/mol. The third-order valence-corrected chi connectivity index (χ3v) is 3.45. The van der Waals surface area contributed by atoms with Crippen molar-refractivity contribution in [3.05, 3.63) is 47.8 Å². The van der Waals surface area contributed by atoms with Crippen molar-refractivity contribution in [3.63, 3.8) is 0 Å². The van der Waals surface area contributed by atoms with Crippen LogP contribution >= 0.6 is 0 Å². The Kier molecular flexibility index (Phi) is 6.15. The van der Waals surface area contributed by atoms with E-state index < -0.39 is 0 Å². The minimum absolute atomic E-state index is 0.0772. The van der Waals surface area contributed by atoms with E-state index in [0.717, 1.165) is 29.7 Å². The van der Waals surface area contributed by atoms with E-state index in [-0.39, 0.29) is 12.5 Å². The van der Waals surface area contributed by atoms with Crippen LogP contribution in [0.1, 0.15) is 30.9 Å². The van der Waals surface area contributed by atoms with Gasteiger partial charge in [0.05, 0.1) is 5.69 Å².